The van der Waals surface area contributed by atoms with E-state index in [1.807, 2.05) is 0 Å². The average Bonchev–Trinajstić information content (AvgIpc) is 2.16. The molecule has 62 valence electrons. The smallest absolute Gasteiger partial charge is 0.117 e. The van der Waals surface area contributed by atoms with E-state index in [0.717, 1.165) is 12.8 Å². The van der Waals surface area contributed by atoms with Crippen LogP contribution in [0.5, 0.6) is 0 Å². The first-order valence-electron chi connectivity index (χ1n) is 4.44. The predicted molar refractivity (Wildman–Crippen MR) is 46.3 cm³/mol. The largest absolute Gasteiger partial charge is 0.369 e. The maximum Gasteiger partial charge on any atom is 0.117 e. The summed E-state index contributed by atoms with van der Waals surface area (Å²) in [6.45, 7) is 0. The topological polar surface area (TPSA) is 9.23 Å². The molecule has 1 aliphatic carbocycles. The van der Waals surface area contributed by atoms with Gasteiger partial charge < -0.3 is 4.74 Å². The van der Waals surface area contributed by atoms with Crippen molar-refractivity contribution in [1.82, 2.24) is 0 Å². The van der Waals surface area contributed by atoms with Gasteiger partial charge in [-0.15, -0.1) is 5.92 Å². The molecule has 0 radical (unpaired) electrons. The minimum atomic E-state index is 0.202. The zero-order valence-corrected chi connectivity index (χ0v) is 7.23. The highest BCUT2D eigenvalue weighted by atomic mass is 16.5. The molecule has 1 rings (SSSR count). The van der Waals surface area contributed by atoms with Crippen molar-refractivity contribution in [3.05, 3.63) is 0 Å². The first kappa shape index (κ1) is 8.62. The molecule has 1 atom stereocenters. The summed E-state index contributed by atoms with van der Waals surface area (Å²) >= 11 is 0. The van der Waals surface area contributed by atoms with Gasteiger partial charge in [0.2, 0.25) is 0 Å². The highest BCUT2D eigenvalue weighted by Crippen LogP contribution is 2.10. The van der Waals surface area contributed by atoms with Gasteiger partial charge >= 0.3 is 0 Å². The van der Waals surface area contributed by atoms with Gasteiger partial charge in [-0.3, -0.25) is 0 Å². The molecule has 0 fully saturated rings. The number of ether oxygens (including phenoxy) is 1. The molecule has 0 spiro atoms. The third kappa shape index (κ3) is 3.43. The lowest BCUT2D eigenvalue weighted by molar-refractivity contribution is 0.138. The Labute approximate surface area is 69.1 Å². The molecule has 0 bridgehead atoms. The Morgan fingerprint density at radius 3 is 2.82 bits per heavy atom. The van der Waals surface area contributed by atoms with Gasteiger partial charge in [0.1, 0.15) is 6.10 Å². The lowest BCUT2D eigenvalue weighted by Gasteiger charge is -2.06. The zero-order valence-electron chi connectivity index (χ0n) is 7.23. The second kappa shape index (κ2) is 5.21. The van der Waals surface area contributed by atoms with E-state index >= 15 is 0 Å². The quantitative estimate of drug-likeness (QED) is 0.524. The van der Waals surface area contributed by atoms with Crippen LogP contribution >= 0.6 is 0 Å². The van der Waals surface area contributed by atoms with Crippen LogP contribution in [0.3, 0.4) is 0 Å². The molecule has 0 heterocycles. The average molecular weight is 152 g/mol. The maximum atomic E-state index is 5.21. The van der Waals surface area contributed by atoms with E-state index in [1.54, 1.807) is 7.11 Å². The molecular formula is C10H16O. The second-order valence-electron chi connectivity index (χ2n) is 3.00. The molecule has 0 saturated heterocycles. The van der Waals surface area contributed by atoms with Gasteiger partial charge in [-0.25, -0.2) is 0 Å². The standard InChI is InChI=1S/C10H16O/c1-11-10-8-6-4-2-3-5-7-9-10/h10H,2-6,8H2,1H3. The van der Waals surface area contributed by atoms with Crippen LogP contribution in [0.2, 0.25) is 0 Å². The Balaban J connectivity index is 2.36. The minimum absolute atomic E-state index is 0.202. The molecule has 0 saturated carbocycles. The zero-order chi connectivity index (χ0) is 7.94. The fourth-order valence-electron chi connectivity index (χ4n) is 1.33. The summed E-state index contributed by atoms with van der Waals surface area (Å²) < 4.78 is 5.21. The fourth-order valence-corrected chi connectivity index (χ4v) is 1.33. The lowest BCUT2D eigenvalue weighted by Crippen LogP contribution is -2.06. The van der Waals surface area contributed by atoms with Gasteiger partial charge in [-0.2, -0.15) is 0 Å². The normalized spacial score (nSPS) is 25.7. The van der Waals surface area contributed by atoms with E-state index in [2.05, 4.69) is 11.8 Å². The van der Waals surface area contributed by atoms with E-state index in [1.165, 1.54) is 25.7 Å². The van der Waals surface area contributed by atoms with Crippen LogP contribution in [-0.2, 0) is 4.74 Å². The third-order valence-corrected chi connectivity index (χ3v) is 2.07. The van der Waals surface area contributed by atoms with Crippen LogP contribution in [0.25, 0.3) is 0 Å². The van der Waals surface area contributed by atoms with Crippen molar-refractivity contribution in [2.24, 2.45) is 0 Å². The molecular weight excluding hydrogens is 136 g/mol. The summed E-state index contributed by atoms with van der Waals surface area (Å²) in [7, 11) is 1.75. The Kier molecular flexibility index (Phi) is 4.08. The van der Waals surface area contributed by atoms with Crippen LogP contribution in [0.1, 0.15) is 38.5 Å². The van der Waals surface area contributed by atoms with Gasteiger partial charge in [-0.05, 0) is 19.3 Å². The molecule has 1 nitrogen and oxygen atoms in total. The van der Waals surface area contributed by atoms with E-state index < -0.39 is 0 Å². The van der Waals surface area contributed by atoms with Crippen LogP contribution in [0.4, 0.5) is 0 Å². The van der Waals surface area contributed by atoms with Gasteiger partial charge in [0, 0.05) is 13.5 Å². The molecule has 0 N–H and O–H groups in total. The lowest BCUT2D eigenvalue weighted by atomic mass is 10.1. The fraction of sp³-hybridized carbons (Fsp3) is 0.800. The van der Waals surface area contributed by atoms with E-state index in [4.69, 9.17) is 4.74 Å². The van der Waals surface area contributed by atoms with Crippen molar-refractivity contribution in [1.29, 1.82) is 0 Å². The van der Waals surface area contributed by atoms with Gasteiger partial charge in [-0.1, -0.05) is 18.8 Å². The molecule has 0 aromatic heterocycles. The number of rotatable bonds is 1. The SMILES string of the molecule is COC1C#CCCCCCC1. The molecule has 1 heteroatoms. The molecule has 0 aromatic rings. The van der Waals surface area contributed by atoms with Crippen molar-refractivity contribution in [2.45, 2.75) is 44.6 Å². The van der Waals surface area contributed by atoms with Crippen LogP contribution < -0.4 is 0 Å². The Morgan fingerprint density at radius 1 is 1.18 bits per heavy atom. The Hall–Kier alpha value is -0.480. The van der Waals surface area contributed by atoms with Crippen molar-refractivity contribution < 1.29 is 4.74 Å². The van der Waals surface area contributed by atoms with Crippen LogP contribution in [0.15, 0.2) is 0 Å². The number of methoxy groups -OCH3 is 1. The molecule has 0 amide bonds. The van der Waals surface area contributed by atoms with Crippen molar-refractivity contribution in [2.75, 3.05) is 7.11 Å². The second-order valence-corrected chi connectivity index (χ2v) is 3.00. The Bertz CT molecular complexity index is 152. The van der Waals surface area contributed by atoms with Crippen LogP contribution in [0, 0.1) is 11.8 Å². The number of hydrogen-bond donors (Lipinski definition) is 0. The highest BCUT2D eigenvalue weighted by Gasteiger charge is 2.03. The van der Waals surface area contributed by atoms with E-state index in [0.29, 0.717) is 0 Å². The van der Waals surface area contributed by atoms with E-state index in [9.17, 15) is 0 Å². The highest BCUT2D eigenvalue weighted by molar-refractivity contribution is 5.05. The summed E-state index contributed by atoms with van der Waals surface area (Å²) in [5.74, 6) is 6.29. The monoisotopic (exact) mass is 152 g/mol. The Morgan fingerprint density at radius 2 is 2.00 bits per heavy atom. The first-order valence-corrected chi connectivity index (χ1v) is 4.44. The summed E-state index contributed by atoms with van der Waals surface area (Å²) in [5, 5.41) is 0. The van der Waals surface area contributed by atoms with Gasteiger partial charge in [0.25, 0.3) is 0 Å². The molecule has 1 unspecified atom stereocenters. The van der Waals surface area contributed by atoms with Crippen molar-refractivity contribution in [3.8, 4) is 11.8 Å². The summed E-state index contributed by atoms with van der Waals surface area (Å²) in [6, 6.07) is 0. The summed E-state index contributed by atoms with van der Waals surface area (Å²) in [5.41, 5.74) is 0. The van der Waals surface area contributed by atoms with E-state index in [-0.39, 0.29) is 6.10 Å². The van der Waals surface area contributed by atoms with Crippen molar-refractivity contribution >= 4 is 0 Å². The molecule has 11 heavy (non-hydrogen) atoms. The third-order valence-electron chi connectivity index (χ3n) is 2.07. The maximum absolute atomic E-state index is 5.21. The van der Waals surface area contributed by atoms with Gasteiger partial charge in [0.15, 0.2) is 0 Å². The molecule has 0 aromatic carbocycles. The molecule has 1 aliphatic rings. The number of hydrogen-bond acceptors (Lipinski definition) is 1. The minimum Gasteiger partial charge on any atom is -0.369 e. The summed E-state index contributed by atoms with van der Waals surface area (Å²) in [6.07, 6.45) is 7.59. The first-order chi connectivity index (χ1) is 5.43. The summed E-state index contributed by atoms with van der Waals surface area (Å²) in [4.78, 5) is 0. The van der Waals surface area contributed by atoms with Crippen molar-refractivity contribution in [3.63, 3.8) is 0 Å². The molecule has 0 aliphatic heterocycles. The van der Waals surface area contributed by atoms with Gasteiger partial charge in [0.05, 0.1) is 0 Å². The predicted octanol–water partition coefficient (Wildman–Crippen LogP) is 2.36. The van der Waals surface area contributed by atoms with Crippen LogP contribution in [-0.4, -0.2) is 13.2 Å².